The van der Waals surface area contributed by atoms with Gasteiger partial charge in [-0.05, 0) is 84.9 Å². The van der Waals surface area contributed by atoms with Gasteiger partial charge in [0.25, 0.3) is 11.8 Å². The third-order valence-electron chi connectivity index (χ3n) is 15.6. The van der Waals surface area contributed by atoms with Crippen LogP contribution in [0, 0.1) is 11.6 Å². The van der Waals surface area contributed by atoms with E-state index in [1.54, 1.807) is 97.1 Å². The van der Waals surface area contributed by atoms with Crippen molar-refractivity contribution in [3.05, 3.63) is 169 Å². The molecule has 0 spiro atoms. The number of nitrogens with zero attached hydrogens (tertiary/aromatic N) is 16. The second-order valence-electron chi connectivity index (χ2n) is 21.0. The first kappa shape index (κ1) is 58.0. The minimum atomic E-state index is -1.12. The lowest BCUT2D eigenvalue weighted by Crippen LogP contribution is -2.51. The highest BCUT2D eigenvalue weighted by Crippen LogP contribution is 2.34. The van der Waals surface area contributed by atoms with E-state index in [9.17, 15) is 9.59 Å². The summed E-state index contributed by atoms with van der Waals surface area (Å²) in [6.45, 7) is 6.12. The van der Waals surface area contributed by atoms with Gasteiger partial charge in [0.2, 0.25) is 23.5 Å². The summed E-state index contributed by atoms with van der Waals surface area (Å²) in [5, 5.41) is 18.9. The van der Waals surface area contributed by atoms with Gasteiger partial charge in [0.1, 0.15) is 36.3 Å². The van der Waals surface area contributed by atoms with Gasteiger partial charge in [-0.25, -0.2) is 28.1 Å². The van der Waals surface area contributed by atoms with Gasteiger partial charge < -0.3 is 58.8 Å². The predicted molar refractivity (Wildman–Crippen MR) is 327 cm³/mol. The zero-order chi connectivity index (χ0) is 61.8. The molecule has 0 aliphatic carbocycles. The molecule has 90 heavy (non-hydrogen) atoms. The quantitative estimate of drug-likeness (QED) is 0.0832. The summed E-state index contributed by atoms with van der Waals surface area (Å²) in [6.07, 6.45) is 6.13. The van der Waals surface area contributed by atoms with E-state index in [-0.39, 0.29) is 46.1 Å². The number of amides is 2. The van der Waals surface area contributed by atoms with E-state index in [2.05, 4.69) is 50.1 Å². The van der Waals surface area contributed by atoms with Crippen molar-refractivity contribution in [2.45, 2.75) is 12.1 Å². The van der Waals surface area contributed by atoms with Crippen LogP contribution in [0.2, 0.25) is 0 Å². The monoisotopic (exact) mass is 1220 g/mol. The van der Waals surface area contributed by atoms with Crippen molar-refractivity contribution in [1.29, 1.82) is 0 Å². The zero-order valence-corrected chi connectivity index (χ0v) is 48.8. The lowest BCUT2D eigenvalue weighted by Gasteiger charge is -2.37. The van der Waals surface area contributed by atoms with Gasteiger partial charge in [0.05, 0.1) is 48.9 Å². The van der Waals surface area contributed by atoms with Crippen molar-refractivity contribution in [1.82, 2.24) is 68.5 Å². The summed E-state index contributed by atoms with van der Waals surface area (Å²) in [4.78, 5) is 54.7. The molecule has 0 saturated carbocycles. The van der Waals surface area contributed by atoms with E-state index < -0.39 is 23.7 Å². The molecule has 2 atom stereocenters. The number of ether oxygens (including phenoxy) is 4. The fourth-order valence-corrected chi connectivity index (χ4v) is 11.1. The number of halogens is 2. The van der Waals surface area contributed by atoms with Gasteiger partial charge in [-0.1, -0.05) is 36.4 Å². The van der Waals surface area contributed by atoms with Gasteiger partial charge in [0, 0.05) is 89.1 Å². The molecule has 2 amide bonds. The van der Waals surface area contributed by atoms with Crippen LogP contribution >= 0.6 is 0 Å². The number of piperazine rings is 2. The highest BCUT2D eigenvalue weighted by molar-refractivity contribution is 5.94. The number of anilines is 4. The summed E-state index contributed by atoms with van der Waals surface area (Å²) in [5.74, 6) is 1.51. The summed E-state index contributed by atoms with van der Waals surface area (Å²) in [5.41, 5.74) is 16.4. The molecule has 14 rings (SSSR count). The van der Waals surface area contributed by atoms with E-state index in [0.717, 1.165) is 22.9 Å². The number of carbonyl (C=O) groups excluding carboxylic acids is 2. The molecule has 10 heterocycles. The Labute approximate surface area is 511 Å². The molecule has 0 bridgehead atoms. The molecule has 2 saturated heterocycles. The molecule has 4 aromatic carbocycles. The van der Waals surface area contributed by atoms with Crippen LogP contribution < -0.4 is 30.7 Å². The molecule has 8 aromatic heterocycles. The average Bonchev–Trinajstić information content (AvgIpc) is 1.60. The Kier molecular flexibility index (Phi) is 16.4. The Morgan fingerprint density at radius 3 is 1.27 bits per heavy atom. The highest BCUT2D eigenvalue weighted by atomic mass is 19.1. The average molecular weight is 1220 g/mol. The highest BCUT2D eigenvalue weighted by Gasteiger charge is 2.37. The van der Waals surface area contributed by atoms with Crippen LogP contribution in [0.25, 0.3) is 56.5 Å². The number of furan rings is 2. The first-order valence-corrected chi connectivity index (χ1v) is 28.9. The van der Waals surface area contributed by atoms with Crippen LogP contribution in [-0.4, -0.2) is 173 Å². The molecule has 28 heteroatoms. The first-order valence-electron chi connectivity index (χ1n) is 28.9. The fourth-order valence-electron chi connectivity index (χ4n) is 11.1. The van der Waals surface area contributed by atoms with Gasteiger partial charge in [-0.2, -0.15) is 29.2 Å². The Hall–Kier alpha value is -11.0. The van der Waals surface area contributed by atoms with E-state index in [4.69, 9.17) is 39.2 Å². The van der Waals surface area contributed by atoms with E-state index in [1.807, 2.05) is 48.5 Å². The van der Waals surface area contributed by atoms with Crippen molar-refractivity contribution in [3.63, 3.8) is 0 Å². The second-order valence-corrected chi connectivity index (χ2v) is 21.0. The third kappa shape index (κ3) is 11.5. The van der Waals surface area contributed by atoms with Crippen LogP contribution in [0.5, 0.6) is 11.5 Å². The van der Waals surface area contributed by atoms with Crippen molar-refractivity contribution < 1.29 is 46.2 Å². The van der Waals surface area contributed by atoms with Crippen molar-refractivity contribution in [2.75, 3.05) is 114 Å². The number of benzene rings is 4. The van der Waals surface area contributed by atoms with Crippen LogP contribution in [-0.2, 0) is 19.1 Å². The summed E-state index contributed by atoms with van der Waals surface area (Å²) in [7, 11) is 3.27. The van der Waals surface area contributed by atoms with Crippen LogP contribution in [0.4, 0.5) is 32.1 Å². The number of rotatable bonds is 18. The predicted octanol–water partition coefficient (Wildman–Crippen LogP) is 6.84. The Balaban J connectivity index is 0.000000165. The summed E-state index contributed by atoms with van der Waals surface area (Å²) >= 11 is 0. The van der Waals surface area contributed by atoms with Gasteiger partial charge in [0.15, 0.2) is 46.2 Å². The van der Waals surface area contributed by atoms with Crippen LogP contribution in [0.1, 0.15) is 23.2 Å². The zero-order valence-electron chi connectivity index (χ0n) is 48.8. The molecule has 0 radical (unpaired) electrons. The topological polar surface area (TPSA) is 284 Å². The molecule has 2 aliphatic rings. The normalized spacial score (nSPS) is 14.4. The van der Waals surface area contributed by atoms with Gasteiger partial charge in [-0.3, -0.25) is 9.59 Å². The second kappa shape index (κ2) is 25.4. The summed E-state index contributed by atoms with van der Waals surface area (Å²) in [6, 6.07) is 32.7. The number of aromatic nitrogens is 12. The van der Waals surface area contributed by atoms with Crippen LogP contribution in [0.3, 0.4) is 0 Å². The maximum Gasteiger partial charge on any atom is 0.252 e. The molecule has 460 valence electrons. The Morgan fingerprint density at radius 1 is 0.500 bits per heavy atom. The molecular formula is C62H60F2N18O8. The molecule has 2 fully saturated rings. The minimum Gasteiger partial charge on any atom is -0.491 e. The van der Waals surface area contributed by atoms with Gasteiger partial charge >= 0.3 is 0 Å². The Morgan fingerprint density at radius 2 is 0.900 bits per heavy atom. The first-order chi connectivity index (χ1) is 44.0. The van der Waals surface area contributed by atoms with Crippen LogP contribution in [0.15, 0.2) is 155 Å². The Bertz CT molecular complexity index is 4180. The van der Waals surface area contributed by atoms with E-state index in [0.29, 0.717) is 124 Å². The maximum atomic E-state index is 15.3. The van der Waals surface area contributed by atoms with Crippen molar-refractivity contribution >= 4 is 68.4 Å². The molecule has 0 unspecified atom stereocenters. The molecular weight excluding hydrogens is 1160 g/mol. The summed E-state index contributed by atoms with van der Waals surface area (Å²) < 4.78 is 68.6. The molecule has 12 aromatic rings. The number of hydrogen-bond acceptors (Lipinski definition) is 20. The van der Waals surface area contributed by atoms with Crippen molar-refractivity contribution in [2.24, 2.45) is 0 Å². The number of nitrogen functional groups attached to an aromatic ring is 2. The number of hydrogen-bond donors (Lipinski definition) is 2. The largest absolute Gasteiger partial charge is 0.491 e. The number of nitrogens with two attached hydrogens (primary N) is 2. The maximum absolute atomic E-state index is 15.3. The number of carbonyl (C=O) groups is 2. The number of fused-ring (bicyclic) bond motifs is 6. The smallest absolute Gasteiger partial charge is 0.252 e. The number of methoxy groups -OCH3 is 2. The standard InChI is InChI=1S/2C31H30FN9O4/c2*1-43-17-18-44-21-10-8-20(9-11-21)38-12-14-39(15-13-38)30(42)26(22-5-2-3-6-24(22)32)40-29-23(19-34-40)28-35-27(25-7-4-16-45-25)37-41(28)31(33)36-29/h2*2-11,16,19,26H,12-15,17-18H2,1H3,(H2,33,36)/t2*26-/m10/s1. The minimum absolute atomic E-state index is 0.0352. The molecule has 2 aliphatic heterocycles. The van der Waals surface area contributed by atoms with Crippen molar-refractivity contribution in [3.8, 4) is 34.7 Å². The third-order valence-corrected chi connectivity index (χ3v) is 15.6. The van der Waals surface area contributed by atoms with E-state index >= 15 is 8.78 Å². The fraction of sp³-hybridized carbons (Fsp3) is 0.258. The molecule has 4 N–H and O–H groups in total. The lowest BCUT2D eigenvalue weighted by atomic mass is 10.0. The van der Waals surface area contributed by atoms with E-state index in [1.165, 1.54) is 43.1 Å². The SMILES string of the molecule is COCCOc1ccc(N2CCN(C(=O)[C@@H](c3ccccc3F)n3ncc4c3nc(N)n3nc(-c5ccco5)nc43)CC2)cc1.COCCOc1ccc(N2CCN(C(=O)[C@H](c3ccccc3F)n3ncc4c3nc(N)n3nc(-c5ccco5)nc43)CC2)cc1. The van der Waals surface area contributed by atoms with Gasteiger partial charge in [-0.15, -0.1) is 10.2 Å². The lowest BCUT2D eigenvalue weighted by molar-refractivity contribution is -0.134. The molecule has 26 nitrogen and oxygen atoms in total.